The lowest BCUT2D eigenvalue weighted by Crippen LogP contribution is -2.09. The van der Waals surface area contributed by atoms with Crippen LogP contribution >= 0.6 is 0 Å². The first-order chi connectivity index (χ1) is 51.0. The summed E-state index contributed by atoms with van der Waals surface area (Å²) in [4.78, 5) is 4.63. The Morgan fingerprint density at radius 3 is 0.757 bits per heavy atom. The highest BCUT2D eigenvalue weighted by molar-refractivity contribution is 6.15. The van der Waals surface area contributed by atoms with Crippen LogP contribution in [0.5, 0.6) is 0 Å². The first-order valence-corrected chi connectivity index (χ1v) is 34.8. The van der Waals surface area contributed by atoms with Crippen molar-refractivity contribution in [3.8, 4) is 66.8 Å². The standard InChI is InChI=1S/C96H58N2O5/c1-2-16-66(17-3-1)97(67-45-34-59(35-46-67)72-22-12-26-80-76-18-4-8-30-87(76)99-92(72)80)68-47-36-62(37-48-68)75-25-15-29-83-85-56-64(44-55-91(85)103-95(75)83)65-57-84(96-86(58-65)79-21-7-11-33-90(79)102-96)63-42-53-71(54-43-63)98(69-49-38-60(39-50-69)73-23-13-27-81-77-19-5-9-31-88(77)100-93(73)81)70-51-40-61(41-52-70)74-24-14-28-82-78-20-6-10-32-89(78)101-94(74)82/h1-58H. The summed E-state index contributed by atoms with van der Waals surface area (Å²) in [5.41, 5.74) is 27.4. The van der Waals surface area contributed by atoms with Crippen LogP contribution in [0.25, 0.3) is 176 Å². The van der Waals surface area contributed by atoms with Gasteiger partial charge in [-0.15, -0.1) is 0 Å². The summed E-state index contributed by atoms with van der Waals surface area (Å²) in [6.45, 7) is 0. The van der Waals surface area contributed by atoms with Gasteiger partial charge in [0.1, 0.15) is 55.8 Å². The molecule has 0 amide bonds. The van der Waals surface area contributed by atoms with E-state index in [-0.39, 0.29) is 0 Å². The van der Waals surface area contributed by atoms with Crippen molar-refractivity contribution in [3.63, 3.8) is 0 Å². The van der Waals surface area contributed by atoms with Gasteiger partial charge in [0, 0.05) is 116 Å². The number of hydrogen-bond donors (Lipinski definition) is 0. The first kappa shape index (κ1) is 58.1. The van der Waals surface area contributed by atoms with Gasteiger partial charge in [0.2, 0.25) is 0 Å². The fourth-order valence-electron chi connectivity index (χ4n) is 15.8. The van der Waals surface area contributed by atoms with E-state index in [1.165, 1.54) is 0 Å². The second kappa shape index (κ2) is 23.4. The number of rotatable bonds is 12. The zero-order valence-corrected chi connectivity index (χ0v) is 55.4. The van der Waals surface area contributed by atoms with Gasteiger partial charge in [-0.3, -0.25) is 0 Å². The van der Waals surface area contributed by atoms with Gasteiger partial charge in [-0.2, -0.15) is 0 Å². The van der Waals surface area contributed by atoms with Crippen LogP contribution in [0.1, 0.15) is 0 Å². The molecule has 0 N–H and O–H groups in total. The summed E-state index contributed by atoms with van der Waals surface area (Å²) in [5, 5.41) is 10.9. The lowest BCUT2D eigenvalue weighted by molar-refractivity contribution is 0.669. The van der Waals surface area contributed by atoms with Gasteiger partial charge in [0.25, 0.3) is 0 Å². The third-order valence-corrected chi connectivity index (χ3v) is 20.7. The van der Waals surface area contributed by atoms with Crippen LogP contribution in [-0.4, -0.2) is 0 Å². The summed E-state index contributed by atoms with van der Waals surface area (Å²) in [6, 6.07) is 125. The van der Waals surface area contributed by atoms with E-state index in [1.54, 1.807) is 0 Å². The van der Waals surface area contributed by atoms with E-state index in [1.807, 2.05) is 42.5 Å². The third-order valence-electron chi connectivity index (χ3n) is 20.7. The summed E-state index contributed by atoms with van der Waals surface area (Å²) >= 11 is 0. The van der Waals surface area contributed by atoms with Crippen molar-refractivity contribution in [3.05, 3.63) is 352 Å². The molecule has 482 valence electrons. The number of furan rings is 5. The van der Waals surface area contributed by atoms with Crippen LogP contribution in [0.2, 0.25) is 0 Å². The average molecular weight is 1320 g/mol. The molecule has 21 rings (SSSR count). The Hall–Kier alpha value is -13.9. The van der Waals surface area contributed by atoms with Crippen LogP contribution in [0.4, 0.5) is 34.1 Å². The molecule has 7 heteroatoms. The zero-order chi connectivity index (χ0) is 67.6. The molecule has 0 aliphatic heterocycles. The summed E-state index contributed by atoms with van der Waals surface area (Å²) in [7, 11) is 0. The highest BCUT2D eigenvalue weighted by Crippen LogP contribution is 2.47. The van der Waals surface area contributed by atoms with Crippen molar-refractivity contribution in [2.75, 3.05) is 9.80 Å². The van der Waals surface area contributed by atoms with Crippen molar-refractivity contribution in [1.29, 1.82) is 0 Å². The first-order valence-electron chi connectivity index (χ1n) is 34.8. The number of hydrogen-bond acceptors (Lipinski definition) is 7. The molecule has 0 saturated carbocycles. The molecule has 0 aliphatic rings. The molecule has 0 aliphatic carbocycles. The molecule has 0 spiro atoms. The fraction of sp³-hybridized carbons (Fsp3) is 0. The molecule has 0 radical (unpaired) electrons. The van der Waals surface area contributed by atoms with Crippen molar-refractivity contribution in [2.45, 2.75) is 0 Å². The normalized spacial score (nSPS) is 11.9. The average Bonchev–Trinajstić information content (AvgIpc) is 1.65. The Labute approximate surface area is 590 Å². The maximum atomic E-state index is 6.90. The summed E-state index contributed by atoms with van der Waals surface area (Å²) in [6.07, 6.45) is 0. The minimum absolute atomic E-state index is 0.824. The number of nitrogens with zero attached hydrogens (tertiary/aromatic N) is 2. The van der Waals surface area contributed by atoms with Crippen molar-refractivity contribution in [2.24, 2.45) is 0 Å². The van der Waals surface area contributed by atoms with Crippen LogP contribution in [0.3, 0.4) is 0 Å². The van der Waals surface area contributed by atoms with E-state index < -0.39 is 0 Å². The van der Waals surface area contributed by atoms with E-state index in [0.717, 1.165) is 211 Å². The molecule has 0 saturated heterocycles. The Balaban J connectivity index is 0.623. The Morgan fingerprint density at radius 2 is 0.398 bits per heavy atom. The maximum absolute atomic E-state index is 6.90. The van der Waals surface area contributed by atoms with Gasteiger partial charge in [-0.1, -0.05) is 231 Å². The van der Waals surface area contributed by atoms with E-state index >= 15 is 0 Å². The fourth-order valence-corrected chi connectivity index (χ4v) is 15.8. The van der Waals surface area contributed by atoms with Crippen LogP contribution in [0.15, 0.2) is 374 Å². The van der Waals surface area contributed by atoms with Gasteiger partial charge in [-0.25, -0.2) is 0 Å². The molecule has 5 heterocycles. The molecule has 16 aromatic carbocycles. The van der Waals surface area contributed by atoms with E-state index in [9.17, 15) is 0 Å². The van der Waals surface area contributed by atoms with Gasteiger partial charge in [0.15, 0.2) is 0 Å². The molecule has 7 nitrogen and oxygen atoms in total. The Bertz CT molecular complexity index is 6740. The van der Waals surface area contributed by atoms with Gasteiger partial charge in [0.05, 0.1) is 0 Å². The summed E-state index contributed by atoms with van der Waals surface area (Å²) < 4.78 is 33.3. The largest absolute Gasteiger partial charge is 0.455 e. The van der Waals surface area contributed by atoms with Gasteiger partial charge in [-0.05, 0) is 160 Å². The monoisotopic (exact) mass is 1320 g/mol. The minimum Gasteiger partial charge on any atom is -0.455 e. The van der Waals surface area contributed by atoms with Crippen LogP contribution in [-0.2, 0) is 0 Å². The predicted molar refractivity (Wildman–Crippen MR) is 425 cm³/mol. The molecule has 103 heavy (non-hydrogen) atoms. The molecular formula is C96H58N2O5. The molecule has 0 bridgehead atoms. The number of para-hydroxylation sites is 9. The number of fused-ring (bicyclic) bond motifs is 15. The molecule has 5 aromatic heterocycles. The highest BCUT2D eigenvalue weighted by Gasteiger charge is 2.23. The smallest absolute Gasteiger partial charge is 0.143 e. The summed E-state index contributed by atoms with van der Waals surface area (Å²) in [5.74, 6) is 0. The lowest BCUT2D eigenvalue weighted by Gasteiger charge is -2.26. The quantitative estimate of drug-likeness (QED) is 0.121. The third kappa shape index (κ3) is 9.59. The highest BCUT2D eigenvalue weighted by atomic mass is 16.3. The molecule has 0 atom stereocenters. The lowest BCUT2D eigenvalue weighted by atomic mass is 9.94. The Kier molecular flexibility index (Phi) is 13.2. The van der Waals surface area contributed by atoms with Gasteiger partial charge >= 0.3 is 0 Å². The zero-order valence-electron chi connectivity index (χ0n) is 55.4. The number of anilines is 6. The van der Waals surface area contributed by atoms with E-state index in [2.05, 4.69) is 319 Å². The second-order valence-electron chi connectivity index (χ2n) is 26.6. The molecule has 0 fully saturated rings. The SMILES string of the molecule is c1ccc(N(c2ccc(-c3cccc4c3oc3ccccc34)cc2)c2ccc(-c3cccc4c3oc3ccc(-c5cc(-c6ccc(N(c7ccc(-c8cccc9c8oc8ccccc89)cc7)c7ccc(-c8cccc9c8oc8ccccc89)cc7)cc6)c6oc7ccccc7c6c5)cc34)cc2)cc1. The number of benzene rings is 16. The Morgan fingerprint density at radius 1 is 0.146 bits per heavy atom. The van der Waals surface area contributed by atoms with E-state index in [0.29, 0.717) is 0 Å². The second-order valence-corrected chi connectivity index (χ2v) is 26.6. The minimum atomic E-state index is 0.824. The van der Waals surface area contributed by atoms with Crippen LogP contribution in [0, 0.1) is 0 Å². The predicted octanol–water partition coefficient (Wildman–Crippen LogP) is 28.1. The molecule has 21 aromatic rings. The van der Waals surface area contributed by atoms with E-state index in [4.69, 9.17) is 22.1 Å². The molecular weight excluding hydrogens is 1260 g/mol. The topological polar surface area (TPSA) is 72.2 Å². The van der Waals surface area contributed by atoms with Crippen molar-refractivity contribution in [1.82, 2.24) is 0 Å². The van der Waals surface area contributed by atoms with Crippen molar-refractivity contribution < 1.29 is 22.1 Å². The maximum Gasteiger partial charge on any atom is 0.143 e. The molecule has 0 unspecified atom stereocenters. The van der Waals surface area contributed by atoms with Crippen LogP contribution < -0.4 is 9.80 Å². The van der Waals surface area contributed by atoms with Crippen molar-refractivity contribution >= 4 is 144 Å². The van der Waals surface area contributed by atoms with Gasteiger partial charge < -0.3 is 31.9 Å².